The Hall–Kier alpha value is -0.120. The van der Waals surface area contributed by atoms with Crippen LogP contribution in [0, 0.1) is 11.3 Å². The van der Waals surface area contributed by atoms with Crippen LogP contribution in [0.4, 0.5) is 0 Å². The van der Waals surface area contributed by atoms with E-state index in [1.54, 1.807) is 0 Å². The first-order chi connectivity index (χ1) is 9.94. The minimum atomic E-state index is 0.464. The molecule has 2 aliphatic rings. The zero-order valence-electron chi connectivity index (χ0n) is 15.0. The summed E-state index contributed by atoms with van der Waals surface area (Å²) in [4.78, 5) is 5.26. The van der Waals surface area contributed by atoms with Gasteiger partial charge in [0.1, 0.15) is 0 Å². The van der Waals surface area contributed by atoms with Gasteiger partial charge in [0, 0.05) is 25.2 Å². The number of nitrogens with zero attached hydrogens (tertiary/aromatic N) is 2. The van der Waals surface area contributed by atoms with E-state index in [0.717, 1.165) is 5.92 Å². The number of hydrogen-bond acceptors (Lipinski definition) is 3. The average Bonchev–Trinajstić information content (AvgIpc) is 2.59. The summed E-state index contributed by atoms with van der Waals surface area (Å²) < 4.78 is 0. The Kier molecular flexibility index (Phi) is 6.10. The molecule has 1 heterocycles. The van der Waals surface area contributed by atoms with Crippen LogP contribution >= 0.6 is 0 Å². The van der Waals surface area contributed by atoms with E-state index in [1.165, 1.54) is 58.4 Å². The fraction of sp³-hybridized carbons (Fsp3) is 1.00. The van der Waals surface area contributed by atoms with Gasteiger partial charge in [-0.1, -0.05) is 20.8 Å². The molecular formula is C18H37N3. The highest BCUT2D eigenvalue weighted by Crippen LogP contribution is 2.41. The van der Waals surface area contributed by atoms with Gasteiger partial charge in [0.15, 0.2) is 0 Å². The molecule has 3 nitrogen and oxygen atoms in total. The second-order valence-corrected chi connectivity index (χ2v) is 8.18. The largest absolute Gasteiger partial charge is 0.313 e. The standard InChI is InChI=1S/C18H37N3/c1-6-10-19-17-16(8-9-18(17,3)4)14-21-12-7-11-20(5)13-15(21)2/h15-17,19H,6-14H2,1-5H3. The van der Waals surface area contributed by atoms with Gasteiger partial charge in [0.05, 0.1) is 0 Å². The molecule has 0 aromatic carbocycles. The Labute approximate surface area is 132 Å². The van der Waals surface area contributed by atoms with E-state index >= 15 is 0 Å². The molecule has 0 radical (unpaired) electrons. The summed E-state index contributed by atoms with van der Waals surface area (Å²) in [6, 6.07) is 1.40. The molecule has 0 spiro atoms. The molecule has 3 heteroatoms. The molecule has 124 valence electrons. The molecule has 3 unspecified atom stereocenters. The van der Waals surface area contributed by atoms with Crippen LogP contribution in [0.5, 0.6) is 0 Å². The second kappa shape index (κ2) is 7.43. The smallest absolute Gasteiger partial charge is 0.0194 e. The highest BCUT2D eigenvalue weighted by Gasteiger charge is 2.42. The molecule has 0 amide bonds. The lowest BCUT2D eigenvalue weighted by molar-refractivity contribution is 0.148. The predicted molar refractivity (Wildman–Crippen MR) is 91.7 cm³/mol. The number of hydrogen-bond donors (Lipinski definition) is 1. The summed E-state index contributed by atoms with van der Waals surface area (Å²) in [5.41, 5.74) is 0.464. The summed E-state index contributed by atoms with van der Waals surface area (Å²) >= 11 is 0. The SMILES string of the molecule is CCCNC1C(CN2CCCN(C)CC2C)CCC1(C)C. The molecule has 1 saturated carbocycles. The summed E-state index contributed by atoms with van der Waals surface area (Å²) in [6.07, 6.45) is 5.34. The average molecular weight is 296 g/mol. The van der Waals surface area contributed by atoms with E-state index in [9.17, 15) is 0 Å². The van der Waals surface area contributed by atoms with E-state index in [2.05, 4.69) is 49.9 Å². The van der Waals surface area contributed by atoms with Crippen molar-refractivity contribution >= 4 is 0 Å². The lowest BCUT2D eigenvalue weighted by Gasteiger charge is -2.36. The van der Waals surface area contributed by atoms with Crippen molar-refractivity contribution in [2.45, 2.75) is 65.5 Å². The maximum Gasteiger partial charge on any atom is 0.0194 e. The first-order valence-electron chi connectivity index (χ1n) is 9.10. The number of rotatable bonds is 5. The molecule has 1 N–H and O–H groups in total. The van der Waals surface area contributed by atoms with Gasteiger partial charge >= 0.3 is 0 Å². The zero-order chi connectivity index (χ0) is 15.5. The normalized spacial score (nSPS) is 35.0. The van der Waals surface area contributed by atoms with Gasteiger partial charge in [-0.2, -0.15) is 0 Å². The molecule has 0 aromatic heterocycles. The molecule has 1 saturated heterocycles. The third-order valence-corrected chi connectivity index (χ3v) is 5.74. The summed E-state index contributed by atoms with van der Waals surface area (Å²) in [5, 5.41) is 3.86. The van der Waals surface area contributed by atoms with Crippen molar-refractivity contribution in [1.29, 1.82) is 0 Å². The molecule has 2 fully saturated rings. The van der Waals surface area contributed by atoms with Gasteiger partial charge in [0.25, 0.3) is 0 Å². The first-order valence-corrected chi connectivity index (χ1v) is 9.10. The monoisotopic (exact) mass is 295 g/mol. The van der Waals surface area contributed by atoms with Crippen LogP contribution in [0.2, 0.25) is 0 Å². The summed E-state index contributed by atoms with van der Waals surface area (Å²) in [5.74, 6) is 0.831. The Morgan fingerprint density at radius 3 is 2.71 bits per heavy atom. The van der Waals surface area contributed by atoms with Gasteiger partial charge in [-0.25, -0.2) is 0 Å². The predicted octanol–water partition coefficient (Wildman–Crippen LogP) is 2.82. The van der Waals surface area contributed by atoms with E-state index < -0.39 is 0 Å². The lowest BCUT2D eigenvalue weighted by atomic mass is 9.84. The fourth-order valence-electron chi connectivity index (χ4n) is 4.45. The molecular weight excluding hydrogens is 258 g/mol. The minimum Gasteiger partial charge on any atom is -0.313 e. The Morgan fingerprint density at radius 2 is 2.00 bits per heavy atom. The maximum absolute atomic E-state index is 3.86. The van der Waals surface area contributed by atoms with Crippen LogP contribution in [0.25, 0.3) is 0 Å². The van der Waals surface area contributed by atoms with Gasteiger partial charge in [-0.3, -0.25) is 4.90 Å². The quantitative estimate of drug-likeness (QED) is 0.841. The minimum absolute atomic E-state index is 0.464. The van der Waals surface area contributed by atoms with Crippen molar-refractivity contribution in [3.63, 3.8) is 0 Å². The van der Waals surface area contributed by atoms with Crippen LogP contribution in [0.15, 0.2) is 0 Å². The van der Waals surface area contributed by atoms with Gasteiger partial charge in [-0.05, 0) is 70.6 Å². The van der Waals surface area contributed by atoms with Gasteiger partial charge in [-0.15, -0.1) is 0 Å². The first kappa shape index (κ1) is 17.2. The van der Waals surface area contributed by atoms with E-state index in [0.29, 0.717) is 17.5 Å². The van der Waals surface area contributed by atoms with Crippen LogP contribution in [-0.2, 0) is 0 Å². The van der Waals surface area contributed by atoms with E-state index in [1.807, 2.05) is 0 Å². The number of likely N-dealkylation sites (N-methyl/N-ethyl adjacent to an activating group) is 1. The van der Waals surface area contributed by atoms with Crippen molar-refractivity contribution in [1.82, 2.24) is 15.1 Å². The highest BCUT2D eigenvalue weighted by atomic mass is 15.2. The van der Waals surface area contributed by atoms with Crippen LogP contribution in [0.1, 0.15) is 53.4 Å². The molecule has 1 aliphatic heterocycles. The van der Waals surface area contributed by atoms with Crippen LogP contribution in [0.3, 0.4) is 0 Å². The van der Waals surface area contributed by atoms with Crippen molar-refractivity contribution in [2.24, 2.45) is 11.3 Å². The maximum atomic E-state index is 3.86. The van der Waals surface area contributed by atoms with Crippen molar-refractivity contribution in [3.8, 4) is 0 Å². The molecule has 21 heavy (non-hydrogen) atoms. The molecule has 1 aliphatic carbocycles. The van der Waals surface area contributed by atoms with Crippen molar-refractivity contribution in [3.05, 3.63) is 0 Å². The van der Waals surface area contributed by atoms with Crippen LogP contribution in [-0.4, -0.2) is 61.7 Å². The highest BCUT2D eigenvalue weighted by molar-refractivity contribution is 4.97. The Morgan fingerprint density at radius 1 is 1.24 bits per heavy atom. The summed E-state index contributed by atoms with van der Waals surface area (Å²) in [6.45, 7) is 15.8. The van der Waals surface area contributed by atoms with E-state index in [-0.39, 0.29) is 0 Å². The van der Waals surface area contributed by atoms with Crippen molar-refractivity contribution < 1.29 is 0 Å². The van der Waals surface area contributed by atoms with Crippen molar-refractivity contribution in [2.75, 3.05) is 39.8 Å². The summed E-state index contributed by atoms with van der Waals surface area (Å²) in [7, 11) is 2.27. The van der Waals surface area contributed by atoms with Gasteiger partial charge in [0.2, 0.25) is 0 Å². The molecule has 0 aromatic rings. The topological polar surface area (TPSA) is 18.5 Å². The molecule has 3 atom stereocenters. The Bertz CT molecular complexity index is 316. The van der Waals surface area contributed by atoms with E-state index in [4.69, 9.17) is 0 Å². The lowest BCUT2D eigenvalue weighted by Crippen LogP contribution is -2.48. The molecule has 0 bridgehead atoms. The third-order valence-electron chi connectivity index (χ3n) is 5.74. The Balaban J connectivity index is 1.96. The van der Waals surface area contributed by atoms with Crippen LogP contribution < -0.4 is 5.32 Å². The second-order valence-electron chi connectivity index (χ2n) is 8.18. The fourth-order valence-corrected chi connectivity index (χ4v) is 4.45. The van der Waals surface area contributed by atoms with Gasteiger partial charge < -0.3 is 10.2 Å². The number of nitrogens with one attached hydrogen (secondary N) is 1. The third kappa shape index (κ3) is 4.43. The zero-order valence-corrected chi connectivity index (χ0v) is 15.0. The molecule has 2 rings (SSSR count).